The molecule has 1 fully saturated rings. The van der Waals surface area contributed by atoms with Crippen molar-refractivity contribution < 1.29 is 18.8 Å². The monoisotopic (exact) mass is 377 g/mol. The van der Waals surface area contributed by atoms with E-state index in [0.717, 1.165) is 23.7 Å². The molecule has 1 aliphatic rings. The van der Waals surface area contributed by atoms with Crippen LogP contribution in [0.4, 0.5) is 4.79 Å². The molecule has 2 amide bonds. The Morgan fingerprint density at radius 2 is 1.69 bits per heavy atom. The van der Waals surface area contributed by atoms with Crippen molar-refractivity contribution >= 4 is 20.3 Å². The predicted molar refractivity (Wildman–Crippen MR) is 104 cm³/mol. The van der Waals surface area contributed by atoms with E-state index < -0.39 is 20.5 Å². The zero-order valence-corrected chi connectivity index (χ0v) is 17.5. The Labute approximate surface area is 157 Å². The number of ether oxygens (including phenoxy) is 1. The van der Waals surface area contributed by atoms with Gasteiger partial charge in [0.25, 0.3) is 5.91 Å². The lowest BCUT2D eigenvalue weighted by Gasteiger charge is -2.49. The van der Waals surface area contributed by atoms with Gasteiger partial charge < -0.3 is 9.16 Å². The number of rotatable bonds is 8. The van der Waals surface area contributed by atoms with Gasteiger partial charge in [-0.15, -0.1) is 0 Å². The van der Waals surface area contributed by atoms with Crippen molar-refractivity contribution in [2.24, 2.45) is 5.92 Å². The fourth-order valence-electron chi connectivity index (χ4n) is 3.52. The topological polar surface area (TPSA) is 55.8 Å². The summed E-state index contributed by atoms with van der Waals surface area (Å²) < 4.78 is 11.8. The first kappa shape index (κ1) is 20.6. The van der Waals surface area contributed by atoms with E-state index in [1.165, 1.54) is 4.90 Å². The number of benzene rings is 1. The molecule has 1 aromatic carbocycles. The van der Waals surface area contributed by atoms with Gasteiger partial charge >= 0.3 is 6.09 Å². The lowest BCUT2D eigenvalue weighted by molar-refractivity contribution is -0.163. The van der Waals surface area contributed by atoms with Gasteiger partial charge in [-0.25, -0.2) is 9.69 Å². The van der Waals surface area contributed by atoms with E-state index in [1.807, 2.05) is 44.2 Å². The molecule has 0 unspecified atom stereocenters. The van der Waals surface area contributed by atoms with Crippen molar-refractivity contribution in [1.29, 1.82) is 0 Å². The quantitative estimate of drug-likeness (QED) is 0.491. The first-order chi connectivity index (χ1) is 12.4. The molecule has 0 N–H and O–H groups in total. The first-order valence-electron chi connectivity index (χ1n) is 9.60. The third-order valence-electron chi connectivity index (χ3n) is 5.48. The Balaban J connectivity index is 2.05. The van der Waals surface area contributed by atoms with E-state index in [0.29, 0.717) is 0 Å². The third kappa shape index (κ3) is 4.18. The number of imide groups is 1. The second-order valence-corrected chi connectivity index (χ2v) is 12.0. The van der Waals surface area contributed by atoms with E-state index in [2.05, 4.69) is 20.8 Å². The molecule has 0 bridgehead atoms. The van der Waals surface area contributed by atoms with Gasteiger partial charge in [-0.2, -0.15) is 0 Å². The van der Waals surface area contributed by atoms with Crippen molar-refractivity contribution in [2.45, 2.75) is 71.5 Å². The second kappa shape index (κ2) is 8.82. The van der Waals surface area contributed by atoms with Crippen LogP contribution in [0.2, 0.25) is 18.1 Å². The van der Waals surface area contributed by atoms with E-state index in [-0.39, 0.29) is 24.5 Å². The lowest BCUT2D eigenvalue weighted by atomic mass is 9.89. The zero-order valence-electron chi connectivity index (χ0n) is 16.5. The van der Waals surface area contributed by atoms with Gasteiger partial charge in [-0.3, -0.25) is 4.79 Å². The fourth-order valence-corrected chi connectivity index (χ4v) is 6.30. The highest BCUT2D eigenvalue weighted by Crippen LogP contribution is 2.35. The molecule has 1 aromatic rings. The maximum atomic E-state index is 12.7. The van der Waals surface area contributed by atoms with Crippen LogP contribution in [0.25, 0.3) is 0 Å². The SMILES string of the molecule is CC[Si](CC)(CC)O[C@@H]1C(=O)N(C(=O)OCc2ccccc2)[C@@H]1C(C)C. The number of carbonyl (C=O) groups excluding carboxylic acids is 2. The van der Waals surface area contributed by atoms with Crippen molar-refractivity contribution in [2.75, 3.05) is 0 Å². The minimum atomic E-state index is -1.91. The summed E-state index contributed by atoms with van der Waals surface area (Å²) in [6.45, 7) is 10.6. The second-order valence-electron chi connectivity index (χ2n) is 7.27. The average molecular weight is 378 g/mol. The van der Waals surface area contributed by atoms with Crippen LogP contribution >= 0.6 is 0 Å². The first-order valence-corrected chi connectivity index (χ1v) is 12.1. The fraction of sp³-hybridized carbons (Fsp3) is 0.600. The van der Waals surface area contributed by atoms with E-state index in [4.69, 9.17) is 9.16 Å². The molecule has 0 saturated carbocycles. The van der Waals surface area contributed by atoms with Crippen LogP contribution in [-0.4, -0.2) is 37.4 Å². The molecule has 0 spiro atoms. The smallest absolute Gasteiger partial charge is 0.417 e. The van der Waals surface area contributed by atoms with Gasteiger partial charge in [-0.1, -0.05) is 65.0 Å². The summed E-state index contributed by atoms with van der Waals surface area (Å²) in [5.74, 6) is -0.131. The number of nitrogens with zero attached hydrogens (tertiary/aromatic N) is 1. The summed E-state index contributed by atoms with van der Waals surface area (Å²) in [6, 6.07) is 12.2. The molecule has 2 rings (SSSR count). The molecule has 1 saturated heterocycles. The number of β-lactam (4-membered cyclic amide) rings is 1. The largest absolute Gasteiger partial charge is 0.444 e. The standard InChI is InChI=1S/C20H31NO4Si/c1-6-26(7-2,8-3)25-18-17(15(4)5)21(19(18)22)20(23)24-14-16-12-10-9-11-13-16/h9-13,15,17-18H,6-8,14H2,1-5H3/t17-,18+/m1/s1. The summed E-state index contributed by atoms with van der Waals surface area (Å²) in [5.41, 5.74) is 0.900. The Morgan fingerprint density at radius 3 is 2.19 bits per heavy atom. The molecule has 1 aliphatic heterocycles. The highest BCUT2D eigenvalue weighted by Gasteiger charge is 2.55. The Hall–Kier alpha value is -1.66. The molecule has 0 aromatic heterocycles. The van der Waals surface area contributed by atoms with Gasteiger partial charge in [-0.05, 0) is 29.6 Å². The summed E-state index contributed by atoms with van der Waals surface area (Å²) in [7, 11) is -1.91. The third-order valence-corrected chi connectivity index (χ3v) is 10.1. The van der Waals surface area contributed by atoms with Crippen LogP contribution in [0.15, 0.2) is 30.3 Å². The number of hydrogen-bond acceptors (Lipinski definition) is 4. The van der Waals surface area contributed by atoms with Crippen molar-refractivity contribution in [3.8, 4) is 0 Å². The average Bonchev–Trinajstić information content (AvgIpc) is 2.66. The van der Waals surface area contributed by atoms with E-state index in [1.54, 1.807) is 0 Å². The summed E-state index contributed by atoms with van der Waals surface area (Å²) in [4.78, 5) is 26.4. The molecule has 2 atom stereocenters. The minimum absolute atomic E-state index is 0.124. The summed E-state index contributed by atoms with van der Waals surface area (Å²) in [5, 5.41) is 0. The minimum Gasteiger partial charge on any atom is -0.444 e. The Bertz CT molecular complexity index is 607. The normalized spacial score (nSPS) is 20.2. The number of likely N-dealkylation sites (tertiary alicyclic amines) is 1. The molecular weight excluding hydrogens is 346 g/mol. The molecule has 5 nitrogen and oxygen atoms in total. The Kier molecular flexibility index (Phi) is 7.00. The zero-order chi connectivity index (χ0) is 19.3. The van der Waals surface area contributed by atoms with Crippen molar-refractivity contribution in [3.05, 3.63) is 35.9 Å². The maximum Gasteiger partial charge on any atom is 0.417 e. The van der Waals surface area contributed by atoms with E-state index >= 15 is 0 Å². The van der Waals surface area contributed by atoms with Crippen LogP contribution in [0, 0.1) is 5.92 Å². The Morgan fingerprint density at radius 1 is 1.12 bits per heavy atom. The molecule has 0 aliphatic carbocycles. The highest BCUT2D eigenvalue weighted by molar-refractivity contribution is 6.73. The van der Waals surface area contributed by atoms with E-state index in [9.17, 15) is 9.59 Å². The van der Waals surface area contributed by atoms with Gasteiger partial charge in [0.1, 0.15) is 12.7 Å². The van der Waals surface area contributed by atoms with Crippen molar-refractivity contribution in [1.82, 2.24) is 4.90 Å². The van der Waals surface area contributed by atoms with Gasteiger partial charge in [0, 0.05) is 0 Å². The molecule has 1 heterocycles. The highest BCUT2D eigenvalue weighted by atomic mass is 28.4. The van der Waals surface area contributed by atoms with Crippen LogP contribution in [-0.2, 0) is 20.6 Å². The van der Waals surface area contributed by atoms with Gasteiger partial charge in [0.2, 0.25) is 0 Å². The van der Waals surface area contributed by atoms with Crippen molar-refractivity contribution in [3.63, 3.8) is 0 Å². The molecular formula is C20H31NO4Si. The molecule has 6 heteroatoms. The molecule has 0 radical (unpaired) electrons. The summed E-state index contributed by atoms with van der Waals surface area (Å²) in [6.07, 6.45) is -1.08. The number of carbonyl (C=O) groups is 2. The van der Waals surface area contributed by atoms with Gasteiger partial charge in [0.05, 0.1) is 6.04 Å². The van der Waals surface area contributed by atoms with Crippen LogP contribution < -0.4 is 0 Å². The van der Waals surface area contributed by atoms with Crippen LogP contribution in [0.5, 0.6) is 0 Å². The number of hydrogen-bond donors (Lipinski definition) is 0. The van der Waals surface area contributed by atoms with Crippen LogP contribution in [0.3, 0.4) is 0 Å². The number of amides is 2. The van der Waals surface area contributed by atoms with Crippen LogP contribution in [0.1, 0.15) is 40.2 Å². The molecule has 144 valence electrons. The maximum absolute atomic E-state index is 12.7. The van der Waals surface area contributed by atoms with Gasteiger partial charge in [0.15, 0.2) is 8.32 Å². The summed E-state index contributed by atoms with van der Waals surface area (Å²) >= 11 is 0. The lowest BCUT2D eigenvalue weighted by Crippen LogP contribution is -2.71. The molecule has 26 heavy (non-hydrogen) atoms. The predicted octanol–water partition coefficient (Wildman–Crippen LogP) is 4.58.